The number of benzene rings is 1. The maximum absolute atomic E-state index is 3.54. The molecule has 1 saturated heterocycles. The molecule has 0 saturated carbocycles. The molecule has 0 radical (unpaired) electrons. The molecule has 2 rings (SSSR count). The van der Waals surface area contributed by atoms with Crippen LogP contribution in [0.15, 0.2) is 18.2 Å². The van der Waals surface area contributed by atoms with Gasteiger partial charge in [-0.05, 0) is 58.0 Å². The molecule has 0 aliphatic carbocycles. The van der Waals surface area contributed by atoms with Gasteiger partial charge in [0.05, 0.1) is 0 Å². The minimum absolute atomic E-state index is 0.702. The summed E-state index contributed by atoms with van der Waals surface area (Å²) in [6, 6.07) is 7.54. The first kappa shape index (κ1) is 16.3. The summed E-state index contributed by atoms with van der Waals surface area (Å²) in [5.74, 6) is 0. The highest BCUT2D eigenvalue weighted by Gasteiger charge is 2.22. The third-order valence-corrected chi connectivity index (χ3v) is 4.54. The molecule has 1 atom stereocenters. The van der Waals surface area contributed by atoms with Gasteiger partial charge in [-0.3, -0.25) is 0 Å². The Bertz CT molecular complexity index is 444. The van der Waals surface area contributed by atoms with E-state index in [0.29, 0.717) is 6.04 Å². The van der Waals surface area contributed by atoms with Crippen LogP contribution in [0.2, 0.25) is 0 Å². The van der Waals surface area contributed by atoms with Crippen LogP contribution in [-0.2, 0) is 6.54 Å². The Hall–Kier alpha value is -1.06. The average Bonchev–Trinajstić information content (AvgIpc) is 2.84. The number of anilines is 1. The summed E-state index contributed by atoms with van der Waals surface area (Å²) in [6.07, 6.45) is 3.85. The van der Waals surface area contributed by atoms with E-state index in [4.69, 9.17) is 0 Å². The molecule has 1 aliphatic heterocycles. The van der Waals surface area contributed by atoms with Crippen LogP contribution in [0.25, 0.3) is 0 Å². The van der Waals surface area contributed by atoms with E-state index in [0.717, 1.165) is 19.6 Å². The highest BCUT2D eigenvalue weighted by atomic mass is 15.2. The number of aryl methyl sites for hydroxylation is 1. The predicted octanol–water partition coefficient (Wildman–Crippen LogP) is 3.03. The minimum Gasteiger partial charge on any atom is -0.373 e. The van der Waals surface area contributed by atoms with E-state index >= 15 is 0 Å². The van der Waals surface area contributed by atoms with E-state index in [2.05, 4.69) is 61.3 Å². The van der Waals surface area contributed by atoms with E-state index in [1.807, 2.05) is 0 Å². The van der Waals surface area contributed by atoms with Crippen molar-refractivity contribution in [2.24, 2.45) is 0 Å². The number of nitrogens with one attached hydrogen (secondary N) is 1. The molecule has 0 spiro atoms. The van der Waals surface area contributed by atoms with Crippen LogP contribution < -0.4 is 10.2 Å². The molecule has 3 heteroatoms. The maximum Gasteiger partial charge on any atom is 0.0409 e. The van der Waals surface area contributed by atoms with Crippen molar-refractivity contribution in [1.29, 1.82) is 0 Å². The minimum atomic E-state index is 0.702. The summed E-state index contributed by atoms with van der Waals surface area (Å²) in [5, 5.41) is 3.54. The van der Waals surface area contributed by atoms with Crippen molar-refractivity contribution >= 4 is 5.69 Å². The van der Waals surface area contributed by atoms with Crippen molar-refractivity contribution in [1.82, 2.24) is 10.2 Å². The number of likely N-dealkylation sites (N-methyl/N-ethyl adjacent to an activating group) is 2. The lowest BCUT2D eigenvalue weighted by Crippen LogP contribution is -2.37. The van der Waals surface area contributed by atoms with Gasteiger partial charge in [0.1, 0.15) is 0 Å². The smallest absolute Gasteiger partial charge is 0.0409 e. The number of hydrogen-bond donors (Lipinski definition) is 1. The lowest BCUT2D eigenvalue weighted by atomic mass is 10.1. The summed E-state index contributed by atoms with van der Waals surface area (Å²) in [4.78, 5) is 4.94. The molecule has 0 amide bonds. The van der Waals surface area contributed by atoms with Gasteiger partial charge in [-0.1, -0.05) is 24.6 Å². The third kappa shape index (κ3) is 4.45. The van der Waals surface area contributed by atoms with Crippen molar-refractivity contribution in [2.75, 3.05) is 38.6 Å². The Kier molecular flexibility index (Phi) is 6.07. The van der Waals surface area contributed by atoms with Gasteiger partial charge in [0.2, 0.25) is 0 Å². The van der Waals surface area contributed by atoms with Gasteiger partial charge in [0.15, 0.2) is 0 Å². The Morgan fingerprint density at radius 2 is 2.19 bits per heavy atom. The lowest BCUT2D eigenvalue weighted by molar-refractivity contribution is 0.314. The number of nitrogens with zero attached hydrogens (tertiary/aromatic N) is 2. The quantitative estimate of drug-likeness (QED) is 0.778. The molecule has 3 nitrogen and oxygen atoms in total. The van der Waals surface area contributed by atoms with Crippen molar-refractivity contribution in [3.8, 4) is 0 Å². The molecule has 1 aromatic rings. The van der Waals surface area contributed by atoms with Gasteiger partial charge in [0.25, 0.3) is 0 Å². The van der Waals surface area contributed by atoms with Crippen LogP contribution >= 0.6 is 0 Å². The van der Waals surface area contributed by atoms with Crippen molar-refractivity contribution in [3.63, 3.8) is 0 Å². The number of hydrogen-bond acceptors (Lipinski definition) is 3. The van der Waals surface area contributed by atoms with E-state index in [-0.39, 0.29) is 0 Å². The molecule has 1 heterocycles. The van der Waals surface area contributed by atoms with Crippen molar-refractivity contribution in [3.05, 3.63) is 29.3 Å². The lowest BCUT2D eigenvalue weighted by Gasteiger charge is -2.29. The molecule has 21 heavy (non-hydrogen) atoms. The Labute approximate surface area is 130 Å². The molecule has 1 aromatic carbocycles. The summed E-state index contributed by atoms with van der Waals surface area (Å²) in [5.41, 5.74) is 4.15. The highest BCUT2D eigenvalue weighted by Crippen LogP contribution is 2.24. The molecule has 1 N–H and O–H groups in total. The standard InChI is InChI=1S/C18H31N3/c1-5-10-19-13-16-12-15(2)8-9-18(16)21(4)14-17-7-6-11-20(17)3/h8-9,12,17,19H,5-7,10-11,13-14H2,1-4H3. The first-order valence-corrected chi connectivity index (χ1v) is 8.33. The SMILES string of the molecule is CCCNCc1cc(C)ccc1N(C)CC1CCCN1C. The van der Waals surface area contributed by atoms with Gasteiger partial charge in [-0.2, -0.15) is 0 Å². The molecular weight excluding hydrogens is 258 g/mol. The number of rotatable bonds is 7. The first-order chi connectivity index (χ1) is 10.1. The molecular formula is C18H31N3. The molecule has 118 valence electrons. The zero-order chi connectivity index (χ0) is 15.2. The second kappa shape index (κ2) is 7.81. The monoisotopic (exact) mass is 289 g/mol. The van der Waals surface area contributed by atoms with Gasteiger partial charge in [-0.25, -0.2) is 0 Å². The fourth-order valence-corrected chi connectivity index (χ4v) is 3.25. The summed E-state index contributed by atoms with van der Waals surface area (Å²) in [7, 11) is 4.49. The summed E-state index contributed by atoms with van der Waals surface area (Å²) >= 11 is 0. The van der Waals surface area contributed by atoms with Gasteiger partial charge < -0.3 is 15.1 Å². The predicted molar refractivity (Wildman–Crippen MR) is 92.1 cm³/mol. The molecule has 0 bridgehead atoms. The first-order valence-electron chi connectivity index (χ1n) is 8.33. The molecule has 1 unspecified atom stereocenters. The van der Waals surface area contributed by atoms with E-state index in [9.17, 15) is 0 Å². The van der Waals surface area contributed by atoms with Crippen LogP contribution in [-0.4, -0.2) is 44.7 Å². The van der Waals surface area contributed by atoms with Crippen molar-refractivity contribution < 1.29 is 0 Å². The zero-order valence-corrected chi connectivity index (χ0v) is 14.2. The molecule has 1 fully saturated rings. The largest absolute Gasteiger partial charge is 0.373 e. The Balaban J connectivity index is 2.05. The highest BCUT2D eigenvalue weighted by molar-refractivity contribution is 5.54. The summed E-state index contributed by atoms with van der Waals surface area (Å²) in [6.45, 7) is 8.82. The average molecular weight is 289 g/mol. The van der Waals surface area contributed by atoms with Crippen LogP contribution in [0.4, 0.5) is 5.69 Å². The van der Waals surface area contributed by atoms with E-state index in [1.54, 1.807) is 0 Å². The second-order valence-electron chi connectivity index (χ2n) is 6.47. The van der Waals surface area contributed by atoms with Crippen molar-refractivity contribution in [2.45, 2.75) is 45.7 Å². The second-order valence-corrected chi connectivity index (χ2v) is 6.47. The maximum atomic E-state index is 3.54. The fraction of sp³-hybridized carbons (Fsp3) is 0.667. The Morgan fingerprint density at radius 3 is 2.86 bits per heavy atom. The normalized spacial score (nSPS) is 19.1. The molecule has 1 aliphatic rings. The molecule has 0 aromatic heterocycles. The van der Waals surface area contributed by atoms with Gasteiger partial charge in [0, 0.05) is 31.9 Å². The summed E-state index contributed by atoms with van der Waals surface area (Å²) < 4.78 is 0. The fourth-order valence-electron chi connectivity index (χ4n) is 3.25. The van der Waals surface area contributed by atoms with Gasteiger partial charge in [-0.15, -0.1) is 0 Å². The van der Waals surface area contributed by atoms with E-state index < -0.39 is 0 Å². The van der Waals surface area contributed by atoms with Crippen LogP contribution in [0.3, 0.4) is 0 Å². The Morgan fingerprint density at radius 1 is 1.38 bits per heavy atom. The van der Waals surface area contributed by atoms with Gasteiger partial charge >= 0.3 is 0 Å². The van der Waals surface area contributed by atoms with Crippen LogP contribution in [0, 0.1) is 6.92 Å². The van der Waals surface area contributed by atoms with Crippen LogP contribution in [0.1, 0.15) is 37.3 Å². The van der Waals surface area contributed by atoms with Crippen LogP contribution in [0.5, 0.6) is 0 Å². The number of likely N-dealkylation sites (tertiary alicyclic amines) is 1. The third-order valence-electron chi connectivity index (χ3n) is 4.54. The van der Waals surface area contributed by atoms with E-state index in [1.165, 1.54) is 42.6 Å². The topological polar surface area (TPSA) is 18.5 Å². The zero-order valence-electron chi connectivity index (χ0n) is 14.2.